The van der Waals surface area contributed by atoms with Crippen molar-refractivity contribution in [2.45, 2.75) is 103 Å². The van der Waals surface area contributed by atoms with Crippen LogP contribution < -0.4 is 0 Å². The van der Waals surface area contributed by atoms with E-state index in [-0.39, 0.29) is 0 Å². The van der Waals surface area contributed by atoms with Crippen LogP contribution >= 0.6 is 0 Å². The van der Waals surface area contributed by atoms with Gasteiger partial charge in [0, 0.05) is 0 Å². The molecule has 2 rings (SSSR count). The first-order valence-corrected chi connectivity index (χ1v) is 9.38. The standard InChI is InChI=1S/C19H36/c1-2-3-5-8-18-12-15-19(16-13-18)14-11-17-9-6-4-7-10-17/h17-19H,2-16H2,1H3. The van der Waals surface area contributed by atoms with Crippen LogP contribution in [0.3, 0.4) is 0 Å². The Kier molecular flexibility index (Phi) is 7.32. The topological polar surface area (TPSA) is 0 Å². The Morgan fingerprint density at radius 2 is 1.11 bits per heavy atom. The van der Waals surface area contributed by atoms with E-state index in [2.05, 4.69) is 6.92 Å². The van der Waals surface area contributed by atoms with Crippen molar-refractivity contribution < 1.29 is 0 Å². The summed E-state index contributed by atoms with van der Waals surface area (Å²) in [5.41, 5.74) is 0. The van der Waals surface area contributed by atoms with E-state index in [1.165, 1.54) is 44.9 Å². The van der Waals surface area contributed by atoms with Crippen molar-refractivity contribution in [3.63, 3.8) is 0 Å². The predicted molar refractivity (Wildman–Crippen MR) is 85.4 cm³/mol. The summed E-state index contributed by atoms with van der Waals surface area (Å²) in [5.74, 6) is 3.30. The quantitative estimate of drug-likeness (QED) is 0.447. The van der Waals surface area contributed by atoms with Crippen LogP contribution in [0, 0.1) is 17.8 Å². The van der Waals surface area contributed by atoms with Crippen LogP contribution in [0.4, 0.5) is 0 Å². The Balaban J connectivity index is 1.53. The molecule has 0 atom stereocenters. The highest BCUT2D eigenvalue weighted by Crippen LogP contribution is 2.36. The molecule has 2 fully saturated rings. The van der Waals surface area contributed by atoms with Crippen LogP contribution in [0.15, 0.2) is 0 Å². The van der Waals surface area contributed by atoms with E-state index >= 15 is 0 Å². The third-order valence-corrected chi connectivity index (χ3v) is 5.89. The van der Waals surface area contributed by atoms with Gasteiger partial charge in [-0.15, -0.1) is 0 Å². The maximum absolute atomic E-state index is 2.32. The Labute approximate surface area is 121 Å². The van der Waals surface area contributed by atoms with E-state index in [0.29, 0.717) is 0 Å². The summed E-state index contributed by atoms with van der Waals surface area (Å²) in [5, 5.41) is 0. The molecule has 112 valence electrons. The van der Waals surface area contributed by atoms with Crippen LogP contribution in [0.5, 0.6) is 0 Å². The van der Waals surface area contributed by atoms with Crippen LogP contribution in [0.2, 0.25) is 0 Å². The maximum Gasteiger partial charge on any atom is -0.0414 e. The minimum Gasteiger partial charge on any atom is -0.0654 e. The third kappa shape index (κ3) is 5.88. The molecule has 0 unspecified atom stereocenters. The van der Waals surface area contributed by atoms with Crippen molar-refractivity contribution >= 4 is 0 Å². The second-order valence-corrected chi connectivity index (χ2v) is 7.46. The van der Waals surface area contributed by atoms with E-state index in [0.717, 1.165) is 17.8 Å². The molecule has 0 saturated heterocycles. The van der Waals surface area contributed by atoms with Gasteiger partial charge in [-0.25, -0.2) is 0 Å². The van der Waals surface area contributed by atoms with Crippen LogP contribution in [-0.2, 0) is 0 Å². The molecule has 0 heterocycles. The minimum atomic E-state index is 1.09. The molecule has 0 N–H and O–H groups in total. The van der Waals surface area contributed by atoms with Crippen molar-refractivity contribution in [3.8, 4) is 0 Å². The average molecular weight is 264 g/mol. The van der Waals surface area contributed by atoms with Gasteiger partial charge < -0.3 is 0 Å². The van der Waals surface area contributed by atoms with Gasteiger partial charge in [-0.2, -0.15) is 0 Å². The molecule has 0 radical (unpaired) electrons. The normalized spacial score (nSPS) is 29.5. The lowest BCUT2D eigenvalue weighted by Gasteiger charge is -2.30. The second-order valence-electron chi connectivity index (χ2n) is 7.46. The zero-order valence-corrected chi connectivity index (χ0v) is 13.3. The zero-order chi connectivity index (χ0) is 13.3. The SMILES string of the molecule is CCCCCC1CCC(CCC2CCCCC2)CC1. The maximum atomic E-state index is 2.32. The molecule has 0 aromatic heterocycles. The van der Waals surface area contributed by atoms with Gasteiger partial charge in [0.05, 0.1) is 0 Å². The van der Waals surface area contributed by atoms with E-state index in [1.54, 1.807) is 51.4 Å². The fraction of sp³-hybridized carbons (Fsp3) is 1.00. The highest BCUT2D eigenvalue weighted by molar-refractivity contribution is 4.75. The summed E-state index contributed by atoms with van der Waals surface area (Å²) >= 11 is 0. The minimum absolute atomic E-state index is 1.09. The lowest BCUT2D eigenvalue weighted by atomic mass is 9.76. The summed E-state index contributed by atoms with van der Waals surface area (Å²) in [4.78, 5) is 0. The second kappa shape index (κ2) is 9.03. The molecule has 0 amide bonds. The fourth-order valence-corrected chi connectivity index (χ4v) is 4.44. The number of rotatable bonds is 7. The first-order valence-electron chi connectivity index (χ1n) is 9.38. The van der Waals surface area contributed by atoms with Crippen LogP contribution in [-0.4, -0.2) is 0 Å². The monoisotopic (exact) mass is 264 g/mol. The molecule has 2 saturated carbocycles. The van der Waals surface area contributed by atoms with Crippen molar-refractivity contribution in [3.05, 3.63) is 0 Å². The van der Waals surface area contributed by atoms with Crippen molar-refractivity contribution in [1.29, 1.82) is 0 Å². The van der Waals surface area contributed by atoms with Gasteiger partial charge in [-0.1, -0.05) is 103 Å². The van der Waals surface area contributed by atoms with Crippen LogP contribution in [0.1, 0.15) is 103 Å². The van der Waals surface area contributed by atoms with Gasteiger partial charge in [0.2, 0.25) is 0 Å². The molecule has 19 heavy (non-hydrogen) atoms. The third-order valence-electron chi connectivity index (χ3n) is 5.89. The Hall–Kier alpha value is 0. The Bertz CT molecular complexity index is 206. The number of hydrogen-bond acceptors (Lipinski definition) is 0. The van der Waals surface area contributed by atoms with E-state index in [9.17, 15) is 0 Å². The highest BCUT2D eigenvalue weighted by atomic mass is 14.3. The van der Waals surface area contributed by atoms with Gasteiger partial charge in [0.15, 0.2) is 0 Å². The smallest absolute Gasteiger partial charge is 0.0414 e. The average Bonchev–Trinajstić information content (AvgIpc) is 2.48. The molecule has 2 aliphatic rings. The fourth-order valence-electron chi connectivity index (χ4n) is 4.44. The molecule has 0 aliphatic heterocycles. The first-order chi connectivity index (χ1) is 9.38. The van der Waals surface area contributed by atoms with Gasteiger partial charge in [-0.05, 0) is 17.8 Å². The van der Waals surface area contributed by atoms with Gasteiger partial charge >= 0.3 is 0 Å². The van der Waals surface area contributed by atoms with Crippen molar-refractivity contribution in [1.82, 2.24) is 0 Å². The molecule has 0 spiro atoms. The summed E-state index contributed by atoms with van der Waals surface area (Å²) in [6, 6.07) is 0. The van der Waals surface area contributed by atoms with E-state index in [1.807, 2.05) is 0 Å². The van der Waals surface area contributed by atoms with Gasteiger partial charge in [0.1, 0.15) is 0 Å². The molecular formula is C19H36. The Morgan fingerprint density at radius 3 is 1.68 bits per heavy atom. The van der Waals surface area contributed by atoms with Gasteiger partial charge in [0.25, 0.3) is 0 Å². The number of unbranched alkanes of at least 4 members (excludes halogenated alkanes) is 2. The van der Waals surface area contributed by atoms with Crippen LogP contribution in [0.25, 0.3) is 0 Å². The van der Waals surface area contributed by atoms with Crippen molar-refractivity contribution in [2.75, 3.05) is 0 Å². The number of hydrogen-bond donors (Lipinski definition) is 0. The van der Waals surface area contributed by atoms with Crippen molar-refractivity contribution in [2.24, 2.45) is 17.8 Å². The predicted octanol–water partition coefficient (Wildman–Crippen LogP) is 6.73. The van der Waals surface area contributed by atoms with Gasteiger partial charge in [-0.3, -0.25) is 0 Å². The lowest BCUT2D eigenvalue weighted by Crippen LogP contribution is -2.16. The Morgan fingerprint density at radius 1 is 0.579 bits per heavy atom. The zero-order valence-electron chi connectivity index (χ0n) is 13.3. The summed E-state index contributed by atoms with van der Waals surface area (Å²) in [6.45, 7) is 2.32. The molecule has 0 aromatic carbocycles. The molecule has 2 aliphatic carbocycles. The molecular weight excluding hydrogens is 228 g/mol. The molecule has 0 aromatic rings. The van der Waals surface area contributed by atoms with E-state index in [4.69, 9.17) is 0 Å². The lowest BCUT2D eigenvalue weighted by molar-refractivity contribution is 0.226. The first kappa shape index (κ1) is 15.4. The highest BCUT2D eigenvalue weighted by Gasteiger charge is 2.22. The summed E-state index contributed by atoms with van der Waals surface area (Å²) in [7, 11) is 0. The molecule has 0 bridgehead atoms. The molecule has 0 nitrogen and oxygen atoms in total. The summed E-state index contributed by atoms with van der Waals surface area (Å²) < 4.78 is 0. The molecule has 0 heteroatoms. The summed E-state index contributed by atoms with van der Waals surface area (Å²) in [6.07, 6.45) is 22.9. The largest absolute Gasteiger partial charge is 0.0654 e. The van der Waals surface area contributed by atoms with E-state index < -0.39 is 0 Å².